The van der Waals surface area contributed by atoms with E-state index in [1.165, 1.54) is 0 Å². The molecule has 3 rings (SSSR count). The minimum atomic E-state index is -0.232. The zero-order valence-electron chi connectivity index (χ0n) is 13.8. The lowest BCUT2D eigenvalue weighted by Crippen LogP contribution is -2.23. The van der Waals surface area contributed by atoms with Crippen LogP contribution >= 0.6 is 11.6 Å². The lowest BCUT2D eigenvalue weighted by molar-refractivity contribution is 0.0946. The Hall–Kier alpha value is -2.79. The van der Waals surface area contributed by atoms with Crippen molar-refractivity contribution in [1.29, 1.82) is 0 Å². The smallest absolute Gasteiger partial charge is 0.269 e. The van der Waals surface area contributed by atoms with E-state index in [0.29, 0.717) is 29.6 Å². The van der Waals surface area contributed by atoms with Crippen molar-refractivity contribution in [1.82, 2.24) is 15.5 Å². The molecule has 0 saturated heterocycles. The van der Waals surface area contributed by atoms with Gasteiger partial charge in [-0.3, -0.25) is 9.89 Å². The molecule has 3 aromatic rings. The van der Waals surface area contributed by atoms with E-state index in [1.54, 1.807) is 12.1 Å². The number of carbonyl (C=O) groups is 1. The van der Waals surface area contributed by atoms with Gasteiger partial charge in [0.25, 0.3) is 5.91 Å². The molecule has 0 unspecified atom stereocenters. The summed E-state index contributed by atoms with van der Waals surface area (Å²) in [5.74, 6) is 0.573. The third kappa shape index (κ3) is 4.19. The van der Waals surface area contributed by atoms with Crippen LogP contribution in [0.5, 0.6) is 5.75 Å². The highest BCUT2D eigenvalue weighted by Crippen LogP contribution is 2.21. The summed E-state index contributed by atoms with van der Waals surface area (Å²) in [5.41, 5.74) is 2.87. The number of hydrogen-bond acceptors (Lipinski definition) is 3. The van der Waals surface area contributed by atoms with Crippen molar-refractivity contribution in [3.63, 3.8) is 0 Å². The number of ether oxygens (including phenoxy) is 1. The van der Waals surface area contributed by atoms with Crippen molar-refractivity contribution >= 4 is 17.5 Å². The molecule has 5 nitrogen and oxygen atoms in total. The van der Waals surface area contributed by atoms with Gasteiger partial charge in [-0.1, -0.05) is 29.8 Å². The fourth-order valence-corrected chi connectivity index (χ4v) is 2.59. The number of rotatable bonds is 6. The summed E-state index contributed by atoms with van der Waals surface area (Å²) in [4.78, 5) is 12.3. The van der Waals surface area contributed by atoms with Crippen LogP contribution in [0.25, 0.3) is 11.3 Å². The van der Waals surface area contributed by atoms with Gasteiger partial charge in [0, 0.05) is 17.1 Å². The Kier molecular flexibility index (Phi) is 5.36. The van der Waals surface area contributed by atoms with Crippen LogP contribution in [0.1, 0.15) is 23.0 Å². The van der Waals surface area contributed by atoms with Crippen LogP contribution in [0, 0.1) is 0 Å². The number of nitrogens with zero attached hydrogens (tertiary/aromatic N) is 1. The summed E-state index contributed by atoms with van der Waals surface area (Å²) in [6.07, 6.45) is 0. The maximum Gasteiger partial charge on any atom is 0.269 e. The van der Waals surface area contributed by atoms with Gasteiger partial charge in [-0.05, 0) is 48.9 Å². The molecule has 0 radical (unpaired) electrons. The molecule has 25 heavy (non-hydrogen) atoms. The molecule has 0 bridgehead atoms. The summed E-state index contributed by atoms with van der Waals surface area (Å²) < 4.78 is 5.42. The quantitative estimate of drug-likeness (QED) is 0.700. The Morgan fingerprint density at radius 3 is 2.68 bits per heavy atom. The molecule has 0 atom stereocenters. The van der Waals surface area contributed by atoms with Crippen molar-refractivity contribution in [3.8, 4) is 17.0 Å². The van der Waals surface area contributed by atoms with E-state index in [-0.39, 0.29) is 5.91 Å². The number of halogens is 1. The summed E-state index contributed by atoms with van der Waals surface area (Å²) in [6.45, 7) is 2.92. The summed E-state index contributed by atoms with van der Waals surface area (Å²) in [7, 11) is 0. The van der Waals surface area contributed by atoms with Crippen molar-refractivity contribution in [2.24, 2.45) is 0 Å². The number of carbonyl (C=O) groups excluding carboxylic acids is 1. The molecule has 128 valence electrons. The molecule has 0 aliphatic carbocycles. The average molecular weight is 356 g/mol. The number of hydrogen-bond donors (Lipinski definition) is 2. The van der Waals surface area contributed by atoms with Gasteiger partial charge < -0.3 is 10.1 Å². The molecule has 0 spiro atoms. The maximum atomic E-state index is 12.3. The highest BCUT2D eigenvalue weighted by atomic mass is 35.5. The Bertz CT molecular complexity index is 859. The van der Waals surface area contributed by atoms with Gasteiger partial charge in [-0.15, -0.1) is 0 Å². The van der Waals surface area contributed by atoms with Gasteiger partial charge >= 0.3 is 0 Å². The average Bonchev–Trinajstić information content (AvgIpc) is 3.12. The Morgan fingerprint density at radius 1 is 1.20 bits per heavy atom. The first-order chi connectivity index (χ1) is 12.2. The van der Waals surface area contributed by atoms with Crippen molar-refractivity contribution in [2.45, 2.75) is 13.5 Å². The Labute approximate surface area is 151 Å². The molecule has 2 N–H and O–H groups in total. The highest BCUT2D eigenvalue weighted by Gasteiger charge is 2.11. The van der Waals surface area contributed by atoms with E-state index < -0.39 is 0 Å². The fourth-order valence-electron chi connectivity index (χ4n) is 2.39. The molecule has 0 saturated carbocycles. The predicted octanol–water partition coefficient (Wildman–Crippen LogP) is 4.06. The van der Waals surface area contributed by atoms with Crippen molar-refractivity contribution in [3.05, 3.63) is 70.9 Å². The molecule has 2 aromatic carbocycles. The summed E-state index contributed by atoms with van der Waals surface area (Å²) >= 11 is 6.09. The van der Waals surface area contributed by atoms with Gasteiger partial charge in [-0.25, -0.2) is 0 Å². The molecule has 1 amide bonds. The highest BCUT2D eigenvalue weighted by molar-refractivity contribution is 6.31. The maximum absolute atomic E-state index is 12.3. The number of aromatic amines is 1. The second-order valence-corrected chi connectivity index (χ2v) is 5.81. The molecule has 0 aliphatic heterocycles. The van der Waals surface area contributed by atoms with E-state index in [9.17, 15) is 4.79 Å². The van der Waals surface area contributed by atoms with Crippen molar-refractivity contribution in [2.75, 3.05) is 6.61 Å². The Morgan fingerprint density at radius 2 is 1.96 bits per heavy atom. The number of H-pyrrole nitrogens is 1. The lowest BCUT2D eigenvalue weighted by atomic mass is 10.1. The normalized spacial score (nSPS) is 10.5. The van der Waals surface area contributed by atoms with Crippen LogP contribution < -0.4 is 10.1 Å². The number of nitrogens with one attached hydrogen (secondary N) is 2. The Balaban J connectivity index is 1.66. The van der Waals surface area contributed by atoms with E-state index >= 15 is 0 Å². The fraction of sp³-hybridized carbons (Fsp3) is 0.158. The zero-order valence-corrected chi connectivity index (χ0v) is 14.5. The van der Waals surface area contributed by atoms with Crippen LogP contribution in [0.3, 0.4) is 0 Å². The molecule has 0 aliphatic rings. The molecule has 1 aromatic heterocycles. The van der Waals surface area contributed by atoms with E-state index in [4.69, 9.17) is 16.3 Å². The van der Waals surface area contributed by atoms with Gasteiger partial charge in [0.2, 0.25) is 0 Å². The SMILES string of the molecule is CCOc1ccc(-c2cc(C(=O)NCc3ccccc3Cl)[nH]n2)cc1. The lowest BCUT2D eigenvalue weighted by Gasteiger charge is -2.05. The minimum absolute atomic E-state index is 0.232. The molecular weight excluding hydrogens is 338 g/mol. The van der Waals surface area contributed by atoms with Crippen LogP contribution in [0.4, 0.5) is 0 Å². The van der Waals surface area contributed by atoms with Crippen molar-refractivity contribution < 1.29 is 9.53 Å². The molecular formula is C19H18ClN3O2. The molecule has 0 fully saturated rings. The first-order valence-electron chi connectivity index (χ1n) is 7.97. The standard InChI is InChI=1S/C19H18ClN3O2/c1-2-25-15-9-7-13(8-10-15)17-11-18(23-22-17)19(24)21-12-14-5-3-4-6-16(14)20/h3-11H,2,12H2,1H3,(H,21,24)(H,22,23). The number of amides is 1. The first kappa shape index (κ1) is 17.0. The zero-order chi connectivity index (χ0) is 17.6. The molecule has 1 heterocycles. The number of benzene rings is 2. The third-order valence-corrected chi connectivity index (χ3v) is 4.05. The predicted molar refractivity (Wildman–Crippen MR) is 97.8 cm³/mol. The first-order valence-corrected chi connectivity index (χ1v) is 8.35. The van der Waals surface area contributed by atoms with Crippen LogP contribution in [-0.4, -0.2) is 22.7 Å². The second kappa shape index (κ2) is 7.85. The van der Waals surface area contributed by atoms with Gasteiger partial charge in [0.15, 0.2) is 0 Å². The summed E-state index contributed by atoms with van der Waals surface area (Å²) in [5, 5.41) is 10.4. The van der Waals surface area contributed by atoms with Crippen LogP contribution in [0.15, 0.2) is 54.6 Å². The summed E-state index contributed by atoms with van der Waals surface area (Å²) in [6, 6.07) is 16.7. The van der Waals surface area contributed by atoms with Crippen LogP contribution in [-0.2, 0) is 6.54 Å². The van der Waals surface area contributed by atoms with E-state index in [2.05, 4.69) is 15.5 Å². The third-order valence-electron chi connectivity index (χ3n) is 3.68. The van der Waals surface area contributed by atoms with Gasteiger partial charge in [0.05, 0.1) is 12.3 Å². The largest absolute Gasteiger partial charge is 0.494 e. The monoisotopic (exact) mass is 355 g/mol. The number of aromatic nitrogens is 2. The molecule has 6 heteroatoms. The second-order valence-electron chi connectivity index (χ2n) is 5.40. The van der Waals surface area contributed by atoms with E-state index in [1.807, 2.05) is 49.4 Å². The van der Waals surface area contributed by atoms with Gasteiger partial charge in [0.1, 0.15) is 11.4 Å². The van der Waals surface area contributed by atoms with Crippen LogP contribution in [0.2, 0.25) is 5.02 Å². The van der Waals surface area contributed by atoms with Gasteiger partial charge in [-0.2, -0.15) is 5.10 Å². The topological polar surface area (TPSA) is 67.0 Å². The van der Waals surface area contributed by atoms with E-state index in [0.717, 1.165) is 16.9 Å². The minimum Gasteiger partial charge on any atom is -0.494 e.